The van der Waals surface area contributed by atoms with Crippen LogP contribution >= 0.6 is 11.6 Å². The van der Waals surface area contributed by atoms with Crippen LogP contribution in [-0.2, 0) is 6.54 Å². The second-order valence-corrected chi connectivity index (χ2v) is 4.08. The summed E-state index contributed by atoms with van der Waals surface area (Å²) in [7, 11) is 0. The number of aromatic nitrogens is 1. The first kappa shape index (κ1) is 8.80. The Hall–Kier alpha value is -1.48. The van der Waals surface area contributed by atoms with E-state index in [1.165, 1.54) is 0 Å². The average Bonchev–Trinajstić information content (AvgIpc) is 2.58. The molecule has 4 heteroatoms. The Bertz CT molecular complexity index is 559. The lowest BCUT2D eigenvalue weighted by Gasteiger charge is -2.16. The van der Waals surface area contributed by atoms with E-state index in [4.69, 9.17) is 11.6 Å². The molecule has 1 amide bonds. The minimum atomic E-state index is -0.00595. The van der Waals surface area contributed by atoms with Gasteiger partial charge in [-0.1, -0.05) is 17.7 Å². The zero-order valence-electron chi connectivity index (χ0n) is 7.96. The third kappa shape index (κ3) is 1.23. The number of benzene rings is 1. The van der Waals surface area contributed by atoms with Crippen LogP contribution in [0.4, 0.5) is 0 Å². The summed E-state index contributed by atoms with van der Waals surface area (Å²) in [5.41, 5.74) is 1.76. The van der Waals surface area contributed by atoms with Gasteiger partial charge in [0.2, 0.25) is 0 Å². The fourth-order valence-electron chi connectivity index (χ4n) is 2.03. The first-order valence-electron chi connectivity index (χ1n) is 4.83. The highest BCUT2D eigenvalue weighted by Crippen LogP contribution is 2.24. The van der Waals surface area contributed by atoms with Crippen molar-refractivity contribution in [3.05, 3.63) is 35.0 Å². The van der Waals surface area contributed by atoms with Gasteiger partial charge in [-0.2, -0.15) is 0 Å². The maximum atomic E-state index is 11.6. The van der Waals surface area contributed by atoms with E-state index in [9.17, 15) is 4.79 Å². The van der Waals surface area contributed by atoms with Gasteiger partial charge in [0.25, 0.3) is 5.91 Å². The largest absolute Gasteiger partial charge is 0.349 e. The maximum absolute atomic E-state index is 11.6. The van der Waals surface area contributed by atoms with E-state index in [0.29, 0.717) is 11.6 Å². The highest BCUT2D eigenvalue weighted by Gasteiger charge is 2.18. The molecule has 2 aromatic rings. The Kier molecular flexibility index (Phi) is 1.76. The number of hydrogen-bond donors (Lipinski definition) is 1. The van der Waals surface area contributed by atoms with Gasteiger partial charge in [-0.3, -0.25) is 4.79 Å². The van der Waals surface area contributed by atoms with E-state index in [2.05, 4.69) is 5.32 Å². The number of carbonyl (C=O) groups excluding carboxylic acids is 1. The first-order chi connectivity index (χ1) is 7.25. The number of carbonyl (C=O) groups is 1. The van der Waals surface area contributed by atoms with Crippen LogP contribution in [0.25, 0.3) is 10.9 Å². The molecule has 0 atom stereocenters. The van der Waals surface area contributed by atoms with Crippen LogP contribution in [0.5, 0.6) is 0 Å². The Labute approximate surface area is 91.6 Å². The van der Waals surface area contributed by atoms with Gasteiger partial charge in [0.05, 0.1) is 5.52 Å². The second kappa shape index (κ2) is 3.00. The van der Waals surface area contributed by atoms with Crippen LogP contribution in [0, 0.1) is 0 Å². The Morgan fingerprint density at radius 2 is 2.20 bits per heavy atom. The fraction of sp³-hybridized carbons (Fsp3) is 0.182. The van der Waals surface area contributed by atoms with Gasteiger partial charge >= 0.3 is 0 Å². The van der Waals surface area contributed by atoms with Crippen molar-refractivity contribution >= 4 is 28.4 Å². The van der Waals surface area contributed by atoms with Gasteiger partial charge < -0.3 is 9.88 Å². The summed E-state index contributed by atoms with van der Waals surface area (Å²) in [4.78, 5) is 11.6. The Morgan fingerprint density at radius 3 is 3.07 bits per heavy atom. The molecule has 1 aliphatic rings. The lowest BCUT2D eigenvalue weighted by atomic mass is 10.2. The summed E-state index contributed by atoms with van der Waals surface area (Å²) in [5.74, 6) is -0.00595. The summed E-state index contributed by atoms with van der Waals surface area (Å²) in [6, 6.07) is 7.59. The molecule has 0 saturated heterocycles. The molecular formula is C11H9ClN2O. The van der Waals surface area contributed by atoms with E-state index >= 15 is 0 Å². The number of hydrogen-bond acceptors (Lipinski definition) is 1. The number of amides is 1. The van der Waals surface area contributed by atoms with Crippen LogP contribution in [0.3, 0.4) is 0 Å². The van der Waals surface area contributed by atoms with Gasteiger partial charge in [0, 0.05) is 23.5 Å². The molecule has 76 valence electrons. The third-order valence-electron chi connectivity index (χ3n) is 2.72. The van der Waals surface area contributed by atoms with Crippen LogP contribution < -0.4 is 5.32 Å². The topological polar surface area (TPSA) is 34.0 Å². The molecule has 0 unspecified atom stereocenters. The molecule has 0 bridgehead atoms. The average molecular weight is 221 g/mol. The Balaban J connectivity index is 2.36. The summed E-state index contributed by atoms with van der Waals surface area (Å²) in [6.45, 7) is 1.49. The fourth-order valence-corrected chi connectivity index (χ4v) is 2.19. The van der Waals surface area contributed by atoms with Gasteiger partial charge in [0.15, 0.2) is 0 Å². The number of rotatable bonds is 0. The van der Waals surface area contributed by atoms with Gasteiger partial charge in [0.1, 0.15) is 5.69 Å². The molecule has 2 heterocycles. The smallest absolute Gasteiger partial charge is 0.268 e. The van der Waals surface area contributed by atoms with E-state index in [1.54, 1.807) is 0 Å². The lowest BCUT2D eigenvalue weighted by Crippen LogP contribution is -2.34. The van der Waals surface area contributed by atoms with Crippen LogP contribution in [0.15, 0.2) is 24.3 Å². The molecule has 0 fully saturated rings. The van der Waals surface area contributed by atoms with Crippen molar-refractivity contribution < 1.29 is 4.79 Å². The number of halogens is 1. The SMILES string of the molecule is O=C1NCCn2c1cc1ccc(Cl)cc12. The van der Waals surface area contributed by atoms with Crippen LogP contribution in [0.2, 0.25) is 5.02 Å². The van der Waals surface area contributed by atoms with Crippen molar-refractivity contribution in [2.45, 2.75) is 6.54 Å². The molecular weight excluding hydrogens is 212 g/mol. The van der Waals surface area contributed by atoms with E-state index < -0.39 is 0 Å². The lowest BCUT2D eigenvalue weighted by molar-refractivity contribution is 0.0929. The highest BCUT2D eigenvalue weighted by molar-refractivity contribution is 6.31. The Morgan fingerprint density at radius 1 is 1.33 bits per heavy atom. The molecule has 1 N–H and O–H groups in total. The molecule has 15 heavy (non-hydrogen) atoms. The summed E-state index contributed by atoms with van der Waals surface area (Å²) in [5, 5.41) is 4.59. The van der Waals surface area contributed by atoms with Crippen molar-refractivity contribution in [3.8, 4) is 0 Å². The van der Waals surface area contributed by atoms with Crippen molar-refractivity contribution in [1.29, 1.82) is 0 Å². The summed E-state index contributed by atoms with van der Waals surface area (Å²) >= 11 is 5.94. The zero-order valence-corrected chi connectivity index (χ0v) is 8.71. The zero-order chi connectivity index (χ0) is 10.4. The molecule has 0 saturated carbocycles. The quantitative estimate of drug-likeness (QED) is 0.724. The standard InChI is InChI=1S/C11H9ClN2O/c12-8-2-1-7-5-10-11(15)13-3-4-14(10)9(7)6-8/h1-2,5-6H,3-4H2,(H,13,15). The first-order valence-corrected chi connectivity index (χ1v) is 5.20. The summed E-state index contributed by atoms with van der Waals surface area (Å²) < 4.78 is 2.01. The number of nitrogens with one attached hydrogen (secondary N) is 1. The predicted octanol–water partition coefficient (Wildman–Crippen LogP) is 2.04. The van der Waals surface area contributed by atoms with E-state index in [-0.39, 0.29) is 5.91 Å². The van der Waals surface area contributed by atoms with Crippen molar-refractivity contribution in [2.75, 3.05) is 6.54 Å². The minimum Gasteiger partial charge on any atom is -0.349 e. The van der Waals surface area contributed by atoms with E-state index in [0.717, 1.165) is 23.1 Å². The molecule has 3 nitrogen and oxygen atoms in total. The second-order valence-electron chi connectivity index (χ2n) is 3.64. The third-order valence-corrected chi connectivity index (χ3v) is 2.95. The maximum Gasteiger partial charge on any atom is 0.268 e. The van der Waals surface area contributed by atoms with Crippen molar-refractivity contribution in [3.63, 3.8) is 0 Å². The molecule has 0 radical (unpaired) electrons. The molecule has 1 aromatic carbocycles. The molecule has 1 aromatic heterocycles. The van der Waals surface area contributed by atoms with Crippen LogP contribution in [-0.4, -0.2) is 17.0 Å². The van der Waals surface area contributed by atoms with Gasteiger partial charge in [-0.25, -0.2) is 0 Å². The van der Waals surface area contributed by atoms with Crippen molar-refractivity contribution in [1.82, 2.24) is 9.88 Å². The highest BCUT2D eigenvalue weighted by atomic mass is 35.5. The van der Waals surface area contributed by atoms with Crippen molar-refractivity contribution in [2.24, 2.45) is 0 Å². The van der Waals surface area contributed by atoms with Crippen LogP contribution in [0.1, 0.15) is 10.5 Å². The monoisotopic (exact) mass is 220 g/mol. The minimum absolute atomic E-state index is 0.00595. The normalized spacial score (nSPS) is 15.1. The molecule has 1 aliphatic heterocycles. The number of fused-ring (bicyclic) bond motifs is 3. The predicted molar refractivity (Wildman–Crippen MR) is 59.3 cm³/mol. The molecule has 0 aliphatic carbocycles. The molecule has 0 spiro atoms. The summed E-state index contributed by atoms with van der Waals surface area (Å²) in [6.07, 6.45) is 0. The number of nitrogens with zero attached hydrogens (tertiary/aromatic N) is 1. The van der Waals surface area contributed by atoms with Gasteiger partial charge in [-0.15, -0.1) is 0 Å². The van der Waals surface area contributed by atoms with Gasteiger partial charge in [-0.05, 0) is 18.2 Å². The van der Waals surface area contributed by atoms with E-state index in [1.807, 2.05) is 28.8 Å². The molecule has 3 rings (SSSR count).